The van der Waals surface area contributed by atoms with Gasteiger partial charge < -0.3 is 10.3 Å². The van der Waals surface area contributed by atoms with Gasteiger partial charge in [0, 0.05) is 30.1 Å². The van der Waals surface area contributed by atoms with E-state index in [1.54, 1.807) is 0 Å². The van der Waals surface area contributed by atoms with Gasteiger partial charge in [0.05, 0.1) is 5.52 Å². The van der Waals surface area contributed by atoms with Gasteiger partial charge in [0.25, 0.3) is 0 Å². The van der Waals surface area contributed by atoms with Crippen LogP contribution in [0.5, 0.6) is 0 Å². The summed E-state index contributed by atoms with van der Waals surface area (Å²) < 4.78 is 2.37. The minimum Gasteiger partial charge on any atom is -0.347 e. The van der Waals surface area contributed by atoms with Crippen LogP contribution in [0.4, 0.5) is 0 Å². The molecule has 0 atom stereocenters. The first-order valence-corrected chi connectivity index (χ1v) is 6.50. The maximum Gasteiger partial charge on any atom is 0.0512 e. The smallest absolute Gasteiger partial charge is 0.0512 e. The molecule has 1 aromatic carbocycles. The lowest BCUT2D eigenvalue weighted by molar-refractivity contribution is 0.645. The fraction of sp³-hybridized carbons (Fsp3) is 0.467. The average Bonchev–Trinajstić information content (AvgIpc) is 3.09. The lowest BCUT2D eigenvalue weighted by Crippen LogP contribution is -2.22. The van der Waals surface area contributed by atoms with Crippen LogP contribution in [0.2, 0.25) is 0 Å². The highest BCUT2D eigenvalue weighted by atomic mass is 15.0. The highest BCUT2D eigenvalue weighted by Crippen LogP contribution is 2.48. The van der Waals surface area contributed by atoms with E-state index in [2.05, 4.69) is 42.8 Å². The zero-order chi connectivity index (χ0) is 12.0. The molecule has 1 aliphatic rings. The minimum absolute atomic E-state index is 0.277. The molecule has 3 rings (SSSR count). The average molecular weight is 228 g/mol. The van der Waals surface area contributed by atoms with Gasteiger partial charge in [0.2, 0.25) is 0 Å². The molecule has 1 aromatic heterocycles. The predicted molar refractivity (Wildman–Crippen MR) is 72.3 cm³/mol. The molecular weight excluding hydrogens is 208 g/mol. The van der Waals surface area contributed by atoms with Crippen LogP contribution < -0.4 is 5.73 Å². The SMILES string of the molecule is CCc1cccc2cc(C3(CN)CC3)n(C)c12. The van der Waals surface area contributed by atoms with Gasteiger partial charge in [0.1, 0.15) is 0 Å². The number of aryl methyl sites for hydroxylation is 2. The summed E-state index contributed by atoms with van der Waals surface area (Å²) in [6.07, 6.45) is 3.58. The highest BCUT2D eigenvalue weighted by Gasteiger charge is 2.45. The van der Waals surface area contributed by atoms with E-state index < -0.39 is 0 Å². The van der Waals surface area contributed by atoms with E-state index >= 15 is 0 Å². The van der Waals surface area contributed by atoms with Crippen molar-refractivity contribution in [1.29, 1.82) is 0 Å². The Bertz CT molecular complexity index is 562. The fourth-order valence-corrected chi connectivity index (χ4v) is 3.01. The molecular formula is C15H20N2. The molecule has 0 aliphatic heterocycles. The van der Waals surface area contributed by atoms with E-state index in [1.807, 2.05) is 0 Å². The second kappa shape index (κ2) is 3.61. The third-order valence-electron chi connectivity index (χ3n) is 4.31. The molecule has 2 nitrogen and oxygen atoms in total. The van der Waals surface area contributed by atoms with Crippen LogP contribution in [0.15, 0.2) is 24.3 Å². The second-order valence-electron chi connectivity index (χ2n) is 5.28. The molecule has 2 aromatic rings. The van der Waals surface area contributed by atoms with Gasteiger partial charge in [-0.15, -0.1) is 0 Å². The number of rotatable bonds is 3. The van der Waals surface area contributed by atoms with Crippen molar-refractivity contribution in [2.45, 2.75) is 31.6 Å². The maximum absolute atomic E-state index is 5.95. The van der Waals surface area contributed by atoms with Crippen molar-refractivity contribution in [2.75, 3.05) is 6.54 Å². The third-order valence-corrected chi connectivity index (χ3v) is 4.31. The van der Waals surface area contributed by atoms with Gasteiger partial charge in [-0.3, -0.25) is 0 Å². The molecule has 0 saturated heterocycles. The van der Waals surface area contributed by atoms with Crippen LogP contribution in [-0.2, 0) is 18.9 Å². The number of aromatic nitrogens is 1. The molecule has 0 radical (unpaired) electrons. The highest BCUT2D eigenvalue weighted by molar-refractivity contribution is 5.85. The lowest BCUT2D eigenvalue weighted by Gasteiger charge is -2.14. The zero-order valence-electron chi connectivity index (χ0n) is 10.7. The Labute approximate surface area is 102 Å². The van der Waals surface area contributed by atoms with Gasteiger partial charge in [0.15, 0.2) is 0 Å². The summed E-state index contributed by atoms with van der Waals surface area (Å²) in [5.41, 5.74) is 10.5. The zero-order valence-corrected chi connectivity index (χ0v) is 10.7. The quantitative estimate of drug-likeness (QED) is 0.860. The number of fused-ring (bicyclic) bond motifs is 1. The van der Waals surface area contributed by atoms with E-state index in [0.717, 1.165) is 13.0 Å². The summed E-state index contributed by atoms with van der Waals surface area (Å²) in [7, 11) is 2.19. The molecule has 90 valence electrons. The van der Waals surface area contributed by atoms with Gasteiger partial charge >= 0.3 is 0 Å². The maximum atomic E-state index is 5.95. The van der Waals surface area contributed by atoms with Crippen LogP contribution in [0.25, 0.3) is 10.9 Å². The molecule has 0 bridgehead atoms. The monoisotopic (exact) mass is 228 g/mol. The summed E-state index contributed by atoms with van der Waals surface area (Å²) in [5, 5.41) is 1.36. The summed E-state index contributed by atoms with van der Waals surface area (Å²) in [6, 6.07) is 8.94. The Balaban J connectivity index is 2.26. The van der Waals surface area contributed by atoms with Crippen molar-refractivity contribution in [3.8, 4) is 0 Å². The molecule has 0 spiro atoms. The van der Waals surface area contributed by atoms with Crippen molar-refractivity contribution in [3.05, 3.63) is 35.5 Å². The predicted octanol–water partition coefficient (Wildman–Crippen LogP) is 2.73. The summed E-state index contributed by atoms with van der Waals surface area (Å²) in [6.45, 7) is 3.00. The first kappa shape index (κ1) is 10.8. The molecule has 1 saturated carbocycles. The van der Waals surface area contributed by atoms with E-state index in [1.165, 1.54) is 35.0 Å². The topological polar surface area (TPSA) is 30.9 Å². The number of nitrogens with two attached hydrogens (primary N) is 1. The van der Waals surface area contributed by atoms with Crippen molar-refractivity contribution in [2.24, 2.45) is 12.8 Å². The minimum atomic E-state index is 0.277. The summed E-state index contributed by atoms with van der Waals surface area (Å²) in [4.78, 5) is 0. The summed E-state index contributed by atoms with van der Waals surface area (Å²) in [5.74, 6) is 0. The van der Waals surface area contributed by atoms with E-state index in [-0.39, 0.29) is 5.41 Å². The van der Waals surface area contributed by atoms with Crippen LogP contribution in [0, 0.1) is 0 Å². The van der Waals surface area contributed by atoms with Gasteiger partial charge in [-0.25, -0.2) is 0 Å². The Morgan fingerprint density at radius 2 is 2.12 bits per heavy atom. The van der Waals surface area contributed by atoms with E-state index in [4.69, 9.17) is 5.73 Å². The van der Waals surface area contributed by atoms with Crippen LogP contribution in [0.1, 0.15) is 31.0 Å². The Kier molecular flexibility index (Phi) is 2.30. The first-order chi connectivity index (χ1) is 8.22. The fourth-order valence-electron chi connectivity index (χ4n) is 3.01. The Morgan fingerprint density at radius 3 is 2.71 bits per heavy atom. The second-order valence-corrected chi connectivity index (χ2v) is 5.28. The number of para-hydroxylation sites is 1. The molecule has 17 heavy (non-hydrogen) atoms. The van der Waals surface area contributed by atoms with E-state index in [0.29, 0.717) is 0 Å². The van der Waals surface area contributed by atoms with Crippen molar-refractivity contribution in [1.82, 2.24) is 4.57 Å². The number of hydrogen-bond acceptors (Lipinski definition) is 1. The first-order valence-electron chi connectivity index (χ1n) is 6.50. The Morgan fingerprint density at radius 1 is 1.35 bits per heavy atom. The molecule has 2 heteroatoms. The molecule has 1 fully saturated rings. The Hall–Kier alpha value is -1.28. The van der Waals surface area contributed by atoms with Gasteiger partial charge in [-0.1, -0.05) is 25.1 Å². The van der Waals surface area contributed by atoms with Crippen molar-refractivity contribution >= 4 is 10.9 Å². The van der Waals surface area contributed by atoms with Crippen LogP contribution in [-0.4, -0.2) is 11.1 Å². The largest absolute Gasteiger partial charge is 0.347 e. The lowest BCUT2D eigenvalue weighted by atomic mass is 10.0. The molecule has 2 N–H and O–H groups in total. The third kappa shape index (κ3) is 1.44. The van der Waals surface area contributed by atoms with Gasteiger partial charge in [-0.2, -0.15) is 0 Å². The molecule has 1 aliphatic carbocycles. The van der Waals surface area contributed by atoms with E-state index in [9.17, 15) is 0 Å². The standard InChI is InChI=1S/C15H20N2/c1-3-11-5-4-6-12-9-13(17(2)14(11)12)15(10-16)7-8-15/h4-6,9H,3,7-8,10,16H2,1-2H3. The molecule has 0 unspecified atom stereocenters. The van der Waals surface area contributed by atoms with Crippen molar-refractivity contribution in [3.63, 3.8) is 0 Å². The van der Waals surface area contributed by atoms with Crippen LogP contribution in [0.3, 0.4) is 0 Å². The molecule has 0 amide bonds. The number of hydrogen-bond donors (Lipinski definition) is 1. The van der Waals surface area contributed by atoms with Gasteiger partial charge in [-0.05, 0) is 30.9 Å². The van der Waals surface area contributed by atoms with Crippen LogP contribution >= 0.6 is 0 Å². The summed E-state index contributed by atoms with van der Waals surface area (Å²) >= 11 is 0. The number of nitrogens with zero attached hydrogens (tertiary/aromatic N) is 1. The molecule has 1 heterocycles. The van der Waals surface area contributed by atoms with Crippen molar-refractivity contribution < 1.29 is 0 Å². The number of benzene rings is 1. The normalized spacial score (nSPS) is 17.6.